The highest BCUT2D eigenvalue weighted by atomic mass is 32.2. The first-order valence-electron chi connectivity index (χ1n) is 13.1. The second-order valence-electron chi connectivity index (χ2n) is 10.1. The molecule has 4 aliphatic rings. The van der Waals surface area contributed by atoms with Gasteiger partial charge in [-0.3, -0.25) is 9.69 Å². The number of hydrogen-bond donors (Lipinski definition) is 1. The van der Waals surface area contributed by atoms with Crippen LogP contribution in [0.3, 0.4) is 0 Å². The molecule has 0 unspecified atom stereocenters. The Morgan fingerprint density at radius 3 is 2.34 bits per heavy atom. The highest BCUT2D eigenvalue weighted by molar-refractivity contribution is 7.86. The molecular weight excluding hydrogens is 468 g/mol. The number of benzene rings is 1. The number of carbonyl (C=O) groups is 1. The number of ether oxygens (including phenoxy) is 2. The molecule has 4 heterocycles. The smallest absolute Gasteiger partial charge is 0.281 e. The van der Waals surface area contributed by atoms with E-state index in [0.717, 1.165) is 32.5 Å². The van der Waals surface area contributed by atoms with Crippen molar-refractivity contribution >= 4 is 16.1 Å². The van der Waals surface area contributed by atoms with Crippen molar-refractivity contribution in [3.8, 4) is 0 Å². The summed E-state index contributed by atoms with van der Waals surface area (Å²) in [5.74, 6) is -0.648. The van der Waals surface area contributed by atoms with Crippen LogP contribution in [0.1, 0.15) is 43.2 Å². The standard InChI is InChI=1S/C25H38N4O5S/c30-24(26-11-3-12-27-13-6-21-4-1-2-5-23(21)20-27)22-7-14-28(15-8-22)35(31,32)29-16-9-25(10-17-29)33-18-19-34-25/h1-2,4-5,22H,3,6-20H2,(H,26,30). The van der Waals surface area contributed by atoms with Crippen molar-refractivity contribution in [1.82, 2.24) is 18.8 Å². The van der Waals surface area contributed by atoms with Gasteiger partial charge in [0.05, 0.1) is 13.2 Å². The van der Waals surface area contributed by atoms with E-state index >= 15 is 0 Å². The Labute approximate surface area is 208 Å². The molecule has 0 radical (unpaired) electrons. The Hall–Kier alpha value is -1.56. The second-order valence-corrected chi connectivity index (χ2v) is 12.1. The maximum atomic E-state index is 13.1. The van der Waals surface area contributed by atoms with Crippen LogP contribution in [0.15, 0.2) is 24.3 Å². The summed E-state index contributed by atoms with van der Waals surface area (Å²) in [4.78, 5) is 15.1. The minimum absolute atomic E-state index is 0.0569. The first-order chi connectivity index (χ1) is 17.0. The van der Waals surface area contributed by atoms with Crippen LogP contribution in [0.25, 0.3) is 0 Å². The molecular formula is C25H38N4O5S. The highest BCUT2D eigenvalue weighted by Crippen LogP contribution is 2.33. The van der Waals surface area contributed by atoms with E-state index in [0.29, 0.717) is 71.6 Å². The Kier molecular flexibility index (Phi) is 7.76. The molecule has 0 aromatic heterocycles. The van der Waals surface area contributed by atoms with E-state index in [1.165, 1.54) is 11.1 Å². The third-order valence-corrected chi connectivity index (χ3v) is 9.97. The number of piperidine rings is 2. The molecule has 35 heavy (non-hydrogen) atoms. The predicted octanol–water partition coefficient (Wildman–Crippen LogP) is 1.35. The number of fused-ring (bicyclic) bond motifs is 1. The number of amides is 1. The summed E-state index contributed by atoms with van der Waals surface area (Å²) in [5, 5.41) is 3.08. The van der Waals surface area contributed by atoms with Crippen LogP contribution in [0.5, 0.6) is 0 Å². The minimum atomic E-state index is -3.52. The average molecular weight is 507 g/mol. The molecule has 194 valence electrons. The Balaban J connectivity index is 1.00. The van der Waals surface area contributed by atoms with E-state index < -0.39 is 16.0 Å². The maximum absolute atomic E-state index is 13.1. The summed E-state index contributed by atoms with van der Waals surface area (Å²) in [6.45, 7) is 6.43. The van der Waals surface area contributed by atoms with Crippen LogP contribution in [0, 0.1) is 5.92 Å². The fourth-order valence-electron chi connectivity index (χ4n) is 5.76. The van der Waals surface area contributed by atoms with Crippen molar-refractivity contribution in [3.05, 3.63) is 35.4 Å². The van der Waals surface area contributed by atoms with Crippen molar-refractivity contribution in [3.63, 3.8) is 0 Å². The van der Waals surface area contributed by atoms with Gasteiger partial charge in [0.2, 0.25) is 5.91 Å². The second kappa shape index (κ2) is 10.8. The zero-order valence-electron chi connectivity index (χ0n) is 20.5. The van der Waals surface area contributed by atoms with Gasteiger partial charge in [0.25, 0.3) is 10.2 Å². The van der Waals surface area contributed by atoms with Gasteiger partial charge in [0, 0.05) is 71.1 Å². The van der Waals surface area contributed by atoms with Gasteiger partial charge < -0.3 is 14.8 Å². The molecule has 5 rings (SSSR count). The summed E-state index contributed by atoms with van der Waals surface area (Å²) in [6, 6.07) is 8.62. The summed E-state index contributed by atoms with van der Waals surface area (Å²) < 4.78 is 40.8. The van der Waals surface area contributed by atoms with Gasteiger partial charge in [-0.1, -0.05) is 24.3 Å². The molecule has 9 nitrogen and oxygen atoms in total. The van der Waals surface area contributed by atoms with Crippen LogP contribution < -0.4 is 5.32 Å². The van der Waals surface area contributed by atoms with Crippen molar-refractivity contribution in [2.75, 3.05) is 59.0 Å². The van der Waals surface area contributed by atoms with E-state index in [1.807, 2.05) is 0 Å². The number of carbonyl (C=O) groups excluding carboxylic acids is 1. The average Bonchev–Trinajstić information content (AvgIpc) is 3.34. The lowest BCUT2D eigenvalue weighted by molar-refractivity contribution is -0.179. The fraction of sp³-hybridized carbons (Fsp3) is 0.720. The van der Waals surface area contributed by atoms with Gasteiger partial charge in [-0.25, -0.2) is 0 Å². The van der Waals surface area contributed by atoms with Gasteiger partial charge in [-0.05, 0) is 36.8 Å². The number of nitrogens with one attached hydrogen (secondary N) is 1. The van der Waals surface area contributed by atoms with Gasteiger partial charge in [-0.2, -0.15) is 17.0 Å². The fourth-order valence-corrected chi connectivity index (χ4v) is 7.40. The zero-order valence-corrected chi connectivity index (χ0v) is 21.3. The predicted molar refractivity (Wildman–Crippen MR) is 132 cm³/mol. The molecule has 1 amide bonds. The third kappa shape index (κ3) is 5.73. The normalized spacial score (nSPS) is 24.5. The molecule has 0 bridgehead atoms. The molecule has 0 saturated carbocycles. The molecule has 1 aromatic rings. The lowest BCUT2D eigenvalue weighted by atomic mass is 9.97. The van der Waals surface area contributed by atoms with Crippen LogP contribution in [-0.4, -0.2) is 92.6 Å². The molecule has 0 aliphatic carbocycles. The van der Waals surface area contributed by atoms with Crippen molar-refractivity contribution in [2.24, 2.45) is 5.92 Å². The molecule has 1 aromatic carbocycles. The quantitative estimate of drug-likeness (QED) is 0.562. The van der Waals surface area contributed by atoms with Crippen molar-refractivity contribution < 1.29 is 22.7 Å². The summed E-state index contributed by atoms with van der Waals surface area (Å²) in [7, 11) is -3.52. The topological polar surface area (TPSA) is 91.4 Å². The summed E-state index contributed by atoms with van der Waals surface area (Å²) in [5.41, 5.74) is 2.86. The van der Waals surface area contributed by atoms with Crippen molar-refractivity contribution in [1.29, 1.82) is 0 Å². The monoisotopic (exact) mass is 506 g/mol. The molecule has 3 fully saturated rings. The number of rotatable bonds is 7. The van der Waals surface area contributed by atoms with E-state index in [1.54, 1.807) is 8.61 Å². The maximum Gasteiger partial charge on any atom is 0.281 e. The van der Waals surface area contributed by atoms with E-state index in [4.69, 9.17) is 9.47 Å². The Morgan fingerprint density at radius 1 is 0.971 bits per heavy atom. The van der Waals surface area contributed by atoms with Crippen LogP contribution in [0.2, 0.25) is 0 Å². The lowest BCUT2D eigenvalue weighted by Crippen LogP contribution is -2.53. The number of hydrogen-bond acceptors (Lipinski definition) is 6. The van der Waals surface area contributed by atoms with E-state index in [9.17, 15) is 13.2 Å². The van der Waals surface area contributed by atoms with Gasteiger partial charge >= 0.3 is 0 Å². The molecule has 3 saturated heterocycles. The molecule has 1 N–H and O–H groups in total. The minimum Gasteiger partial charge on any atom is -0.356 e. The highest BCUT2D eigenvalue weighted by Gasteiger charge is 2.44. The van der Waals surface area contributed by atoms with Crippen LogP contribution in [0.4, 0.5) is 0 Å². The number of nitrogens with zero attached hydrogens (tertiary/aromatic N) is 3. The van der Waals surface area contributed by atoms with Crippen LogP contribution >= 0.6 is 0 Å². The lowest BCUT2D eigenvalue weighted by Gasteiger charge is -2.40. The molecule has 0 atom stereocenters. The molecule has 1 spiro atoms. The summed E-state index contributed by atoms with van der Waals surface area (Å²) in [6.07, 6.45) is 4.27. The first kappa shape index (κ1) is 25.1. The largest absolute Gasteiger partial charge is 0.356 e. The van der Waals surface area contributed by atoms with Gasteiger partial charge in [0.15, 0.2) is 5.79 Å². The van der Waals surface area contributed by atoms with E-state index in [2.05, 4.69) is 34.5 Å². The Bertz CT molecular complexity index is 979. The van der Waals surface area contributed by atoms with Gasteiger partial charge in [0.1, 0.15) is 0 Å². The van der Waals surface area contributed by atoms with Gasteiger partial charge in [-0.15, -0.1) is 0 Å². The van der Waals surface area contributed by atoms with Crippen molar-refractivity contribution in [2.45, 2.75) is 50.9 Å². The summed E-state index contributed by atoms with van der Waals surface area (Å²) >= 11 is 0. The van der Waals surface area contributed by atoms with E-state index in [-0.39, 0.29) is 11.8 Å². The zero-order chi connectivity index (χ0) is 24.3. The molecule has 4 aliphatic heterocycles. The first-order valence-corrected chi connectivity index (χ1v) is 14.4. The molecule has 10 heteroatoms. The SMILES string of the molecule is O=C(NCCCN1CCc2ccccc2C1)C1CCN(S(=O)(=O)N2CCC3(CC2)OCCO3)CC1. The third-order valence-electron chi connectivity index (χ3n) is 7.94. The Morgan fingerprint density at radius 2 is 1.63 bits per heavy atom. The van der Waals surface area contributed by atoms with Crippen LogP contribution in [-0.2, 0) is 37.4 Å².